The predicted molar refractivity (Wildman–Crippen MR) is 68.1 cm³/mol. The van der Waals surface area contributed by atoms with Crippen molar-refractivity contribution in [3.63, 3.8) is 0 Å². The van der Waals surface area contributed by atoms with Crippen LogP contribution in [0.25, 0.3) is 0 Å². The molecule has 1 nitrogen and oxygen atoms in total. The minimum atomic E-state index is 0. The Bertz CT molecular complexity index is 160. The first kappa shape index (κ1) is 15.0. The Kier molecular flexibility index (Phi) is 4.85. The fraction of sp³-hybridized carbons (Fsp3) is 1.00. The monoisotopic (exact) mass is 214 g/mol. The van der Waals surface area contributed by atoms with E-state index in [4.69, 9.17) is 4.74 Å². The molecule has 0 N–H and O–H groups in total. The maximum Gasteiger partial charge on any atom is 0.0502 e. The maximum absolute atomic E-state index is 5.63. The molecule has 1 saturated heterocycles. The van der Waals surface area contributed by atoms with E-state index >= 15 is 0 Å². The Morgan fingerprint density at radius 3 is 1.67 bits per heavy atom. The minimum Gasteiger partial charge on any atom is -0.381 e. The summed E-state index contributed by atoms with van der Waals surface area (Å²) in [4.78, 5) is 0. The predicted octanol–water partition coefficient (Wildman–Crippen LogP) is 4.37. The van der Waals surface area contributed by atoms with Gasteiger partial charge in [-0.3, -0.25) is 0 Å². The van der Waals surface area contributed by atoms with Crippen LogP contribution in [-0.4, -0.2) is 13.2 Å². The van der Waals surface area contributed by atoms with Gasteiger partial charge >= 0.3 is 0 Å². The Labute approximate surface area is 96.6 Å². The van der Waals surface area contributed by atoms with Crippen LogP contribution in [0.4, 0.5) is 0 Å². The number of ether oxygens (including phenoxy) is 1. The van der Waals surface area contributed by atoms with E-state index in [0.29, 0.717) is 16.7 Å². The zero-order chi connectivity index (χ0) is 11.0. The van der Waals surface area contributed by atoms with Gasteiger partial charge in [-0.05, 0) is 29.1 Å². The molecule has 1 rings (SSSR count). The van der Waals surface area contributed by atoms with Crippen molar-refractivity contribution in [1.82, 2.24) is 0 Å². The van der Waals surface area contributed by atoms with Gasteiger partial charge in [0.15, 0.2) is 0 Å². The summed E-state index contributed by atoms with van der Waals surface area (Å²) in [6.45, 7) is 16.0. The first-order valence-corrected chi connectivity index (χ1v) is 5.80. The molecule has 1 fully saturated rings. The molecule has 0 aromatic carbocycles. The molecule has 1 heteroatoms. The van der Waals surface area contributed by atoms with E-state index in [-0.39, 0.29) is 7.43 Å². The Morgan fingerprint density at radius 1 is 0.867 bits per heavy atom. The zero-order valence-corrected chi connectivity index (χ0v) is 10.7. The quantitative estimate of drug-likeness (QED) is 0.582. The second kappa shape index (κ2) is 4.86. The number of hydrogen-bond acceptors (Lipinski definition) is 1. The van der Waals surface area contributed by atoms with Gasteiger partial charge in [0.25, 0.3) is 0 Å². The molecule has 0 aromatic heterocycles. The highest BCUT2D eigenvalue weighted by atomic mass is 16.5. The molecule has 2 unspecified atom stereocenters. The van der Waals surface area contributed by atoms with E-state index < -0.39 is 0 Å². The molecule has 1 aliphatic heterocycles. The first-order chi connectivity index (χ1) is 6.23. The third-order valence-electron chi connectivity index (χ3n) is 3.58. The summed E-state index contributed by atoms with van der Waals surface area (Å²) >= 11 is 0. The SMILES string of the molecule is C.CC(C)(C)C1CCOCC1C(C)(C)C. The highest BCUT2D eigenvalue weighted by Crippen LogP contribution is 2.45. The van der Waals surface area contributed by atoms with Crippen LogP contribution >= 0.6 is 0 Å². The van der Waals surface area contributed by atoms with Gasteiger partial charge in [0.2, 0.25) is 0 Å². The van der Waals surface area contributed by atoms with Gasteiger partial charge in [-0.25, -0.2) is 0 Å². The molecule has 0 amide bonds. The lowest BCUT2D eigenvalue weighted by Crippen LogP contribution is -2.42. The van der Waals surface area contributed by atoms with E-state index in [2.05, 4.69) is 41.5 Å². The van der Waals surface area contributed by atoms with Crippen molar-refractivity contribution in [1.29, 1.82) is 0 Å². The molecule has 0 aliphatic carbocycles. The lowest BCUT2D eigenvalue weighted by molar-refractivity contribution is -0.0656. The molecule has 1 aliphatic rings. The standard InChI is InChI=1S/C13H26O.CH4/c1-12(2,3)10-7-8-14-9-11(10)13(4,5)6;/h10-11H,7-9H2,1-6H3;1H4. The van der Waals surface area contributed by atoms with Gasteiger partial charge < -0.3 is 4.74 Å². The highest BCUT2D eigenvalue weighted by Gasteiger charge is 2.40. The van der Waals surface area contributed by atoms with Crippen molar-refractivity contribution in [3.05, 3.63) is 0 Å². The third-order valence-corrected chi connectivity index (χ3v) is 3.58. The smallest absolute Gasteiger partial charge is 0.0502 e. The summed E-state index contributed by atoms with van der Waals surface area (Å²) < 4.78 is 5.63. The number of hydrogen-bond donors (Lipinski definition) is 0. The number of rotatable bonds is 0. The van der Waals surface area contributed by atoms with Crippen molar-refractivity contribution in [2.24, 2.45) is 22.7 Å². The maximum atomic E-state index is 5.63. The van der Waals surface area contributed by atoms with Crippen LogP contribution in [0.3, 0.4) is 0 Å². The lowest BCUT2D eigenvalue weighted by atomic mass is 9.63. The summed E-state index contributed by atoms with van der Waals surface area (Å²) in [5.74, 6) is 1.51. The van der Waals surface area contributed by atoms with Crippen molar-refractivity contribution < 1.29 is 4.74 Å². The summed E-state index contributed by atoms with van der Waals surface area (Å²) in [6, 6.07) is 0. The zero-order valence-electron chi connectivity index (χ0n) is 10.7. The van der Waals surface area contributed by atoms with E-state index in [1.807, 2.05) is 0 Å². The van der Waals surface area contributed by atoms with Crippen molar-refractivity contribution in [2.75, 3.05) is 13.2 Å². The van der Waals surface area contributed by atoms with Gasteiger partial charge in [0.1, 0.15) is 0 Å². The molecule has 1 heterocycles. The Balaban J connectivity index is 0.00000196. The molecule has 2 atom stereocenters. The van der Waals surface area contributed by atoms with Gasteiger partial charge in [-0.2, -0.15) is 0 Å². The van der Waals surface area contributed by atoms with Crippen molar-refractivity contribution >= 4 is 0 Å². The van der Waals surface area contributed by atoms with Crippen LogP contribution in [0.1, 0.15) is 55.4 Å². The van der Waals surface area contributed by atoms with Gasteiger partial charge in [0.05, 0.1) is 6.61 Å². The van der Waals surface area contributed by atoms with Crippen LogP contribution in [0.2, 0.25) is 0 Å². The molecule has 0 saturated carbocycles. The molecule has 92 valence electrons. The van der Waals surface area contributed by atoms with Crippen LogP contribution < -0.4 is 0 Å². The normalized spacial score (nSPS) is 28.4. The molecule has 0 aromatic rings. The summed E-state index contributed by atoms with van der Waals surface area (Å²) in [6.07, 6.45) is 1.23. The van der Waals surface area contributed by atoms with Crippen LogP contribution in [0, 0.1) is 22.7 Å². The Morgan fingerprint density at radius 2 is 1.33 bits per heavy atom. The van der Waals surface area contributed by atoms with E-state index in [9.17, 15) is 0 Å². The Hall–Kier alpha value is -0.0400. The fourth-order valence-corrected chi connectivity index (χ4v) is 2.63. The molecule has 0 spiro atoms. The summed E-state index contributed by atoms with van der Waals surface area (Å²) in [7, 11) is 0. The van der Waals surface area contributed by atoms with Crippen LogP contribution in [0.5, 0.6) is 0 Å². The van der Waals surface area contributed by atoms with Crippen molar-refractivity contribution in [2.45, 2.75) is 55.4 Å². The van der Waals surface area contributed by atoms with Crippen LogP contribution in [-0.2, 0) is 4.74 Å². The fourth-order valence-electron chi connectivity index (χ4n) is 2.63. The molecule has 15 heavy (non-hydrogen) atoms. The minimum absolute atomic E-state index is 0. The first-order valence-electron chi connectivity index (χ1n) is 5.80. The van der Waals surface area contributed by atoms with Crippen LogP contribution in [0.15, 0.2) is 0 Å². The van der Waals surface area contributed by atoms with E-state index in [1.54, 1.807) is 0 Å². The van der Waals surface area contributed by atoms with E-state index in [1.165, 1.54) is 6.42 Å². The molecular formula is C14H30O. The highest BCUT2D eigenvalue weighted by molar-refractivity contribution is 4.88. The van der Waals surface area contributed by atoms with Gasteiger partial charge in [-0.15, -0.1) is 0 Å². The lowest BCUT2D eigenvalue weighted by Gasteiger charge is -2.46. The second-order valence-electron chi connectivity index (χ2n) is 6.81. The van der Waals surface area contributed by atoms with Crippen molar-refractivity contribution in [3.8, 4) is 0 Å². The molecular weight excluding hydrogens is 184 g/mol. The van der Waals surface area contributed by atoms with E-state index in [0.717, 1.165) is 19.1 Å². The summed E-state index contributed by atoms with van der Waals surface area (Å²) in [5, 5.41) is 0. The third kappa shape index (κ3) is 3.79. The summed E-state index contributed by atoms with van der Waals surface area (Å²) in [5.41, 5.74) is 0.792. The molecule has 0 bridgehead atoms. The average molecular weight is 214 g/mol. The average Bonchev–Trinajstić information content (AvgIpc) is 2.01. The van der Waals surface area contributed by atoms with Gasteiger partial charge in [-0.1, -0.05) is 49.0 Å². The largest absolute Gasteiger partial charge is 0.381 e. The van der Waals surface area contributed by atoms with Gasteiger partial charge in [0, 0.05) is 6.61 Å². The second-order valence-corrected chi connectivity index (χ2v) is 6.81. The topological polar surface area (TPSA) is 9.23 Å². The molecule has 0 radical (unpaired) electrons.